The summed E-state index contributed by atoms with van der Waals surface area (Å²) in [5.41, 5.74) is 6.73. The van der Waals surface area contributed by atoms with Gasteiger partial charge in [0, 0.05) is 37.5 Å². The van der Waals surface area contributed by atoms with Gasteiger partial charge in [0.15, 0.2) is 5.96 Å². The van der Waals surface area contributed by atoms with Gasteiger partial charge in [0.1, 0.15) is 0 Å². The van der Waals surface area contributed by atoms with E-state index in [9.17, 15) is 5.11 Å². The van der Waals surface area contributed by atoms with Gasteiger partial charge in [0.05, 0.1) is 0 Å². The van der Waals surface area contributed by atoms with Crippen molar-refractivity contribution in [2.75, 3.05) is 19.7 Å². The van der Waals surface area contributed by atoms with Gasteiger partial charge < -0.3 is 16.2 Å². The first-order valence-electron chi connectivity index (χ1n) is 6.66. The second-order valence-corrected chi connectivity index (χ2v) is 5.07. The Hall–Kier alpha value is -0.890. The highest BCUT2D eigenvalue weighted by molar-refractivity contribution is 14.0. The molecule has 0 saturated heterocycles. The van der Waals surface area contributed by atoms with E-state index in [0.717, 1.165) is 12.1 Å². The van der Waals surface area contributed by atoms with Gasteiger partial charge in [-0.05, 0) is 24.5 Å². The number of aliphatic hydroxyl groups is 1. The Kier molecular flexibility index (Phi) is 10.4. The fourth-order valence-corrected chi connectivity index (χ4v) is 1.60. The highest BCUT2D eigenvalue weighted by Crippen LogP contribution is 2.04. The predicted octanol–water partition coefficient (Wildman–Crippen LogP) is 1.41. The van der Waals surface area contributed by atoms with Crippen LogP contribution in [-0.4, -0.2) is 35.7 Å². The molecule has 0 spiro atoms. The van der Waals surface area contributed by atoms with Gasteiger partial charge in [-0.3, -0.25) is 9.98 Å². The summed E-state index contributed by atoms with van der Waals surface area (Å²) >= 11 is 0. The lowest BCUT2D eigenvalue weighted by atomic mass is 10.0. The summed E-state index contributed by atoms with van der Waals surface area (Å²) in [4.78, 5) is 8.48. The molecule has 1 rings (SSSR count). The highest BCUT2D eigenvalue weighted by atomic mass is 127. The van der Waals surface area contributed by atoms with Crippen molar-refractivity contribution in [1.29, 1.82) is 0 Å². The topological polar surface area (TPSA) is 83.5 Å². The van der Waals surface area contributed by atoms with Crippen molar-refractivity contribution in [1.82, 2.24) is 10.3 Å². The lowest BCUT2D eigenvalue weighted by Gasteiger charge is -2.15. The number of pyridine rings is 1. The molecule has 1 unspecified atom stereocenters. The first-order valence-corrected chi connectivity index (χ1v) is 6.66. The fourth-order valence-electron chi connectivity index (χ4n) is 1.60. The van der Waals surface area contributed by atoms with Crippen molar-refractivity contribution in [3.63, 3.8) is 0 Å². The molecule has 0 aromatic carbocycles. The van der Waals surface area contributed by atoms with Crippen molar-refractivity contribution < 1.29 is 5.11 Å². The quantitative estimate of drug-likeness (QED) is 0.372. The number of nitrogens with two attached hydrogens (primary N) is 1. The van der Waals surface area contributed by atoms with Crippen molar-refractivity contribution in [3.8, 4) is 0 Å². The number of nitrogens with one attached hydrogen (secondary N) is 1. The van der Waals surface area contributed by atoms with Crippen molar-refractivity contribution in [2.24, 2.45) is 22.6 Å². The molecule has 0 bridgehead atoms. The summed E-state index contributed by atoms with van der Waals surface area (Å²) in [7, 11) is 0. The Labute approximate surface area is 138 Å². The maximum absolute atomic E-state index is 9.37. The molecule has 1 aromatic rings. The summed E-state index contributed by atoms with van der Waals surface area (Å²) in [6.07, 6.45) is 2.48. The highest BCUT2D eigenvalue weighted by Gasteiger charge is 2.09. The molecule has 0 aliphatic heterocycles. The molecular formula is C14H25IN4O. The lowest BCUT2D eigenvalue weighted by molar-refractivity contribution is 0.225. The van der Waals surface area contributed by atoms with Crippen LogP contribution >= 0.6 is 24.0 Å². The minimum atomic E-state index is 0. The SMILES string of the molecule is CC(C)CN=C(N)NCC(CO)Cc1ccccn1.I. The minimum Gasteiger partial charge on any atom is -0.396 e. The zero-order valence-corrected chi connectivity index (χ0v) is 14.5. The monoisotopic (exact) mass is 392 g/mol. The predicted molar refractivity (Wildman–Crippen MR) is 93.3 cm³/mol. The third-order valence-electron chi connectivity index (χ3n) is 2.68. The summed E-state index contributed by atoms with van der Waals surface area (Å²) in [5, 5.41) is 12.4. The lowest BCUT2D eigenvalue weighted by Crippen LogP contribution is -2.37. The van der Waals surface area contributed by atoms with E-state index in [-0.39, 0.29) is 36.5 Å². The maximum Gasteiger partial charge on any atom is 0.188 e. The van der Waals surface area contributed by atoms with Crippen LogP contribution in [0.5, 0.6) is 0 Å². The second kappa shape index (κ2) is 10.8. The summed E-state index contributed by atoms with van der Waals surface area (Å²) in [6.45, 7) is 5.59. The normalized spacial score (nSPS) is 12.9. The van der Waals surface area contributed by atoms with Crippen LogP contribution in [0.25, 0.3) is 0 Å². The van der Waals surface area contributed by atoms with E-state index in [1.165, 1.54) is 0 Å². The molecule has 0 aliphatic rings. The summed E-state index contributed by atoms with van der Waals surface area (Å²) in [5.74, 6) is 1.01. The fraction of sp³-hybridized carbons (Fsp3) is 0.571. The van der Waals surface area contributed by atoms with Gasteiger partial charge in [-0.1, -0.05) is 19.9 Å². The average molecular weight is 392 g/mol. The van der Waals surface area contributed by atoms with Crippen LogP contribution in [0.1, 0.15) is 19.5 Å². The van der Waals surface area contributed by atoms with Crippen LogP contribution in [0.3, 0.4) is 0 Å². The van der Waals surface area contributed by atoms with Crippen LogP contribution < -0.4 is 11.1 Å². The third kappa shape index (κ3) is 8.31. The molecule has 6 heteroatoms. The summed E-state index contributed by atoms with van der Waals surface area (Å²) in [6, 6.07) is 5.79. The molecule has 114 valence electrons. The number of aliphatic imine (C=N–C) groups is 1. The Morgan fingerprint density at radius 3 is 2.75 bits per heavy atom. The zero-order chi connectivity index (χ0) is 14.1. The van der Waals surface area contributed by atoms with Crippen molar-refractivity contribution in [3.05, 3.63) is 30.1 Å². The average Bonchev–Trinajstić information content (AvgIpc) is 2.42. The number of hydrogen-bond acceptors (Lipinski definition) is 3. The largest absolute Gasteiger partial charge is 0.396 e. The Balaban J connectivity index is 0.00000361. The van der Waals surface area contributed by atoms with Crippen LogP contribution in [0.15, 0.2) is 29.4 Å². The van der Waals surface area contributed by atoms with Crippen molar-refractivity contribution >= 4 is 29.9 Å². The Bertz CT molecular complexity index is 384. The standard InChI is InChI=1S/C14H24N4O.HI/c1-11(2)8-17-14(15)18-9-12(10-19)7-13-5-3-4-6-16-13;/h3-6,11-12,19H,7-10H2,1-2H3,(H3,15,17,18);1H. The van der Waals surface area contributed by atoms with E-state index >= 15 is 0 Å². The van der Waals surface area contributed by atoms with Gasteiger partial charge >= 0.3 is 0 Å². The number of rotatable bonds is 7. The molecule has 5 nitrogen and oxygen atoms in total. The molecule has 20 heavy (non-hydrogen) atoms. The molecule has 0 amide bonds. The first kappa shape index (κ1) is 19.1. The minimum absolute atomic E-state index is 0. The van der Waals surface area contributed by atoms with E-state index in [2.05, 4.69) is 29.1 Å². The van der Waals surface area contributed by atoms with E-state index in [0.29, 0.717) is 25.0 Å². The Morgan fingerprint density at radius 1 is 1.45 bits per heavy atom. The van der Waals surface area contributed by atoms with E-state index in [1.807, 2.05) is 18.2 Å². The maximum atomic E-state index is 9.37. The van der Waals surface area contributed by atoms with E-state index < -0.39 is 0 Å². The van der Waals surface area contributed by atoms with Gasteiger partial charge in [-0.2, -0.15) is 0 Å². The van der Waals surface area contributed by atoms with E-state index in [4.69, 9.17) is 5.73 Å². The molecule has 0 aliphatic carbocycles. The number of halogens is 1. The molecule has 0 fully saturated rings. The second-order valence-electron chi connectivity index (χ2n) is 5.07. The molecule has 1 atom stereocenters. The smallest absolute Gasteiger partial charge is 0.188 e. The van der Waals surface area contributed by atoms with Gasteiger partial charge in [-0.15, -0.1) is 24.0 Å². The molecule has 1 heterocycles. The van der Waals surface area contributed by atoms with E-state index in [1.54, 1.807) is 6.20 Å². The van der Waals surface area contributed by atoms with Crippen LogP contribution in [-0.2, 0) is 6.42 Å². The third-order valence-corrected chi connectivity index (χ3v) is 2.68. The summed E-state index contributed by atoms with van der Waals surface area (Å²) < 4.78 is 0. The number of nitrogens with zero attached hydrogens (tertiary/aromatic N) is 2. The van der Waals surface area contributed by atoms with Crippen LogP contribution in [0.4, 0.5) is 0 Å². The molecule has 0 radical (unpaired) electrons. The number of aromatic nitrogens is 1. The zero-order valence-electron chi connectivity index (χ0n) is 12.1. The van der Waals surface area contributed by atoms with Gasteiger partial charge in [-0.25, -0.2) is 0 Å². The molecule has 0 saturated carbocycles. The first-order chi connectivity index (χ1) is 9.11. The van der Waals surface area contributed by atoms with Crippen LogP contribution in [0, 0.1) is 11.8 Å². The number of guanidine groups is 1. The van der Waals surface area contributed by atoms with Crippen molar-refractivity contribution in [2.45, 2.75) is 20.3 Å². The van der Waals surface area contributed by atoms with Gasteiger partial charge in [0.2, 0.25) is 0 Å². The van der Waals surface area contributed by atoms with Gasteiger partial charge in [0.25, 0.3) is 0 Å². The molecule has 1 aromatic heterocycles. The number of hydrogen-bond donors (Lipinski definition) is 3. The Morgan fingerprint density at radius 2 is 2.20 bits per heavy atom. The molecular weight excluding hydrogens is 367 g/mol. The molecule has 4 N–H and O–H groups in total. The van der Waals surface area contributed by atoms with Crippen LogP contribution in [0.2, 0.25) is 0 Å². The number of aliphatic hydroxyl groups excluding tert-OH is 1.